The lowest BCUT2D eigenvalue weighted by Crippen LogP contribution is -2.41. The predicted molar refractivity (Wildman–Crippen MR) is 88.9 cm³/mol. The SMILES string of the molecule is C#CCN1C(=O)[C@@](O)(CC(=O)/C=C\c2ccco2)c2ccccc21. The van der Waals surface area contributed by atoms with Crippen molar-refractivity contribution in [3.8, 4) is 12.3 Å². The first-order valence-corrected chi connectivity index (χ1v) is 7.38. The molecule has 1 aliphatic heterocycles. The van der Waals surface area contributed by atoms with E-state index in [9.17, 15) is 14.7 Å². The Kier molecular flexibility index (Phi) is 4.07. The Morgan fingerprint density at radius 3 is 2.83 bits per heavy atom. The predicted octanol–water partition coefficient (Wildman–Crippen LogP) is 2.12. The molecule has 5 nitrogen and oxygen atoms in total. The molecule has 120 valence electrons. The minimum absolute atomic E-state index is 0.0363. The number of ketones is 1. The Hall–Kier alpha value is -3.10. The molecule has 1 N–H and O–H groups in total. The zero-order valence-electron chi connectivity index (χ0n) is 12.8. The quantitative estimate of drug-likeness (QED) is 0.676. The molecule has 2 aromatic rings. The van der Waals surface area contributed by atoms with Crippen LogP contribution in [0.3, 0.4) is 0 Å². The van der Waals surface area contributed by atoms with Crippen molar-refractivity contribution in [1.82, 2.24) is 0 Å². The van der Waals surface area contributed by atoms with E-state index in [0.717, 1.165) is 0 Å². The van der Waals surface area contributed by atoms with Gasteiger partial charge < -0.3 is 9.52 Å². The lowest BCUT2D eigenvalue weighted by atomic mass is 9.90. The van der Waals surface area contributed by atoms with Crippen molar-refractivity contribution in [2.45, 2.75) is 12.0 Å². The molecule has 1 aromatic heterocycles. The topological polar surface area (TPSA) is 70.8 Å². The van der Waals surface area contributed by atoms with Gasteiger partial charge in [0.15, 0.2) is 11.4 Å². The van der Waals surface area contributed by atoms with Gasteiger partial charge in [0.1, 0.15) is 5.76 Å². The maximum absolute atomic E-state index is 12.6. The molecule has 0 unspecified atom stereocenters. The van der Waals surface area contributed by atoms with E-state index in [4.69, 9.17) is 10.8 Å². The largest absolute Gasteiger partial charge is 0.465 e. The van der Waals surface area contributed by atoms with Crippen molar-refractivity contribution in [3.63, 3.8) is 0 Å². The highest BCUT2D eigenvalue weighted by molar-refractivity contribution is 6.10. The van der Waals surface area contributed by atoms with Gasteiger partial charge in [-0.05, 0) is 30.4 Å². The monoisotopic (exact) mass is 321 g/mol. The van der Waals surface area contributed by atoms with Crippen LogP contribution in [0.2, 0.25) is 0 Å². The fourth-order valence-corrected chi connectivity index (χ4v) is 2.80. The molecule has 24 heavy (non-hydrogen) atoms. The highest BCUT2D eigenvalue weighted by Crippen LogP contribution is 2.42. The van der Waals surface area contributed by atoms with Gasteiger partial charge >= 0.3 is 0 Å². The van der Waals surface area contributed by atoms with E-state index in [1.54, 1.807) is 36.4 Å². The van der Waals surface area contributed by atoms with Crippen molar-refractivity contribution >= 4 is 23.5 Å². The van der Waals surface area contributed by atoms with Crippen LogP contribution >= 0.6 is 0 Å². The molecule has 5 heteroatoms. The first kappa shape index (κ1) is 15.8. The lowest BCUT2D eigenvalue weighted by molar-refractivity contribution is -0.140. The molecular formula is C19H15NO4. The number of terminal acetylenes is 1. The first-order chi connectivity index (χ1) is 11.6. The Balaban J connectivity index is 1.87. The molecule has 0 bridgehead atoms. The van der Waals surface area contributed by atoms with Crippen LogP contribution in [0.1, 0.15) is 17.7 Å². The van der Waals surface area contributed by atoms with Gasteiger partial charge in [-0.2, -0.15) is 0 Å². The van der Waals surface area contributed by atoms with Gasteiger partial charge in [0, 0.05) is 5.56 Å². The normalized spacial score (nSPS) is 19.5. The number of fused-ring (bicyclic) bond motifs is 1. The summed E-state index contributed by atoms with van der Waals surface area (Å²) in [5, 5.41) is 10.9. The number of aliphatic hydroxyl groups is 1. The number of anilines is 1. The number of benzene rings is 1. The summed E-state index contributed by atoms with van der Waals surface area (Å²) in [4.78, 5) is 26.2. The van der Waals surface area contributed by atoms with E-state index < -0.39 is 11.5 Å². The fourth-order valence-electron chi connectivity index (χ4n) is 2.80. The van der Waals surface area contributed by atoms with Gasteiger partial charge in [0.2, 0.25) is 0 Å². The molecule has 0 saturated heterocycles. The van der Waals surface area contributed by atoms with Gasteiger partial charge in [-0.15, -0.1) is 6.42 Å². The molecule has 0 fully saturated rings. The molecule has 0 spiro atoms. The third kappa shape index (κ3) is 2.64. The van der Waals surface area contributed by atoms with Crippen molar-refractivity contribution in [2.75, 3.05) is 11.4 Å². The van der Waals surface area contributed by atoms with Crippen LogP contribution in [0.15, 0.2) is 53.2 Å². The molecule has 0 radical (unpaired) electrons. The summed E-state index contributed by atoms with van der Waals surface area (Å²) >= 11 is 0. The molecule has 1 aliphatic rings. The van der Waals surface area contributed by atoms with Crippen LogP contribution in [0.5, 0.6) is 0 Å². The van der Waals surface area contributed by atoms with Gasteiger partial charge in [0.05, 0.1) is 24.9 Å². The van der Waals surface area contributed by atoms with Crippen molar-refractivity contribution < 1.29 is 19.1 Å². The summed E-state index contributed by atoms with van der Waals surface area (Å²) in [6.45, 7) is 0.0363. The van der Waals surface area contributed by atoms with E-state index in [-0.39, 0.29) is 18.7 Å². The van der Waals surface area contributed by atoms with E-state index in [1.807, 2.05) is 0 Å². The van der Waals surface area contributed by atoms with E-state index in [1.165, 1.54) is 23.3 Å². The summed E-state index contributed by atoms with van der Waals surface area (Å²) in [5.74, 6) is 1.94. The van der Waals surface area contributed by atoms with E-state index in [0.29, 0.717) is 17.0 Å². The molecule has 1 atom stereocenters. The first-order valence-electron chi connectivity index (χ1n) is 7.38. The van der Waals surface area contributed by atoms with E-state index >= 15 is 0 Å². The van der Waals surface area contributed by atoms with Crippen LogP contribution in [-0.4, -0.2) is 23.3 Å². The fraction of sp³-hybridized carbons (Fsp3) is 0.158. The van der Waals surface area contributed by atoms with Crippen LogP contribution in [0.4, 0.5) is 5.69 Å². The van der Waals surface area contributed by atoms with Crippen molar-refractivity contribution in [2.24, 2.45) is 0 Å². The number of hydrogen-bond donors (Lipinski definition) is 1. The zero-order chi connectivity index (χ0) is 17.2. The lowest BCUT2D eigenvalue weighted by Gasteiger charge is -2.21. The average molecular weight is 321 g/mol. The standard InChI is InChI=1S/C19H15NO4/c1-2-11-20-17-8-4-3-7-16(17)19(23,18(20)22)13-14(21)9-10-15-6-5-12-24-15/h1,3-10,12,23H,11,13H2/b10-9-/t19-/m1/s1. The third-order valence-corrected chi connectivity index (χ3v) is 3.90. The minimum Gasteiger partial charge on any atom is -0.465 e. The summed E-state index contributed by atoms with van der Waals surface area (Å²) in [5.41, 5.74) is -0.978. The number of furan rings is 1. The summed E-state index contributed by atoms with van der Waals surface area (Å²) in [6.07, 6.45) is 9.22. The Morgan fingerprint density at radius 1 is 1.33 bits per heavy atom. The molecule has 3 rings (SSSR count). The second-order valence-corrected chi connectivity index (χ2v) is 5.46. The van der Waals surface area contributed by atoms with Crippen LogP contribution in [0, 0.1) is 12.3 Å². The number of carbonyl (C=O) groups is 2. The van der Waals surface area contributed by atoms with Gasteiger partial charge in [0.25, 0.3) is 5.91 Å². The number of hydrogen-bond acceptors (Lipinski definition) is 4. The molecule has 1 aromatic carbocycles. The maximum atomic E-state index is 12.6. The average Bonchev–Trinajstić information content (AvgIpc) is 3.16. The Bertz CT molecular complexity index is 845. The second-order valence-electron chi connectivity index (χ2n) is 5.46. The highest BCUT2D eigenvalue weighted by atomic mass is 16.3. The van der Waals surface area contributed by atoms with Gasteiger partial charge in [-0.25, -0.2) is 0 Å². The summed E-state index contributed by atoms with van der Waals surface area (Å²) < 4.78 is 5.11. The molecule has 1 amide bonds. The highest BCUT2D eigenvalue weighted by Gasteiger charge is 2.50. The molecule has 0 aliphatic carbocycles. The number of rotatable bonds is 5. The Morgan fingerprint density at radius 2 is 2.12 bits per heavy atom. The zero-order valence-corrected chi connectivity index (χ0v) is 12.8. The number of amides is 1. The number of carbonyl (C=O) groups excluding carboxylic acids is 2. The number of nitrogens with zero attached hydrogens (tertiary/aromatic N) is 1. The molecule has 2 heterocycles. The number of para-hydroxylation sites is 1. The second kappa shape index (κ2) is 6.19. The molecular weight excluding hydrogens is 306 g/mol. The Labute approximate surface area is 139 Å². The number of allylic oxidation sites excluding steroid dienone is 1. The van der Waals surface area contributed by atoms with Crippen LogP contribution < -0.4 is 4.90 Å². The van der Waals surface area contributed by atoms with E-state index in [2.05, 4.69) is 5.92 Å². The van der Waals surface area contributed by atoms with Gasteiger partial charge in [-0.3, -0.25) is 14.5 Å². The minimum atomic E-state index is -1.90. The maximum Gasteiger partial charge on any atom is 0.265 e. The third-order valence-electron chi connectivity index (χ3n) is 3.90. The smallest absolute Gasteiger partial charge is 0.265 e. The van der Waals surface area contributed by atoms with Gasteiger partial charge in [-0.1, -0.05) is 24.1 Å². The van der Waals surface area contributed by atoms with Crippen LogP contribution in [0.25, 0.3) is 6.08 Å². The summed E-state index contributed by atoms with van der Waals surface area (Å²) in [6, 6.07) is 10.2. The van der Waals surface area contributed by atoms with Crippen LogP contribution in [-0.2, 0) is 15.2 Å². The van der Waals surface area contributed by atoms with Crippen molar-refractivity contribution in [3.05, 3.63) is 60.1 Å². The summed E-state index contributed by atoms with van der Waals surface area (Å²) in [7, 11) is 0. The molecule has 0 saturated carbocycles. The van der Waals surface area contributed by atoms with Crippen molar-refractivity contribution in [1.29, 1.82) is 0 Å².